The normalized spacial score (nSPS) is 12.4. The van der Waals surface area contributed by atoms with Crippen LogP contribution >= 0.6 is 22.7 Å². The molecule has 8 heterocycles. The van der Waals surface area contributed by atoms with Gasteiger partial charge in [-0.3, -0.25) is 0 Å². The first-order chi connectivity index (χ1) is 53.5. The van der Waals surface area contributed by atoms with Crippen molar-refractivity contribution in [3.05, 3.63) is 340 Å². The third-order valence-electron chi connectivity index (χ3n) is 23.4. The van der Waals surface area contributed by atoms with Crippen LogP contribution < -0.4 is 0 Å². The van der Waals surface area contributed by atoms with Gasteiger partial charge in [-0.1, -0.05) is 182 Å². The van der Waals surface area contributed by atoms with Crippen LogP contribution in [0.25, 0.3) is 238 Å². The highest BCUT2D eigenvalue weighted by Gasteiger charge is 2.25. The summed E-state index contributed by atoms with van der Waals surface area (Å²) in [5.41, 5.74) is 22.9. The highest BCUT2D eigenvalue weighted by Crippen LogP contribution is 2.49. The minimum Gasteiger partial charge on any atom is -0.456 e. The minimum absolute atomic E-state index is 0.903. The molecule has 0 aliphatic heterocycles. The zero-order valence-electron chi connectivity index (χ0n) is 57.8. The van der Waals surface area contributed by atoms with Gasteiger partial charge in [0.25, 0.3) is 0 Å². The van der Waals surface area contributed by atoms with Crippen molar-refractivity contribution in [2.45, 2.75) is 0 Å². The molecule has 0 atom stereocenters. The van der Waals surface area contributed by atoms with Gasteiger partial charge < -0.3 is 27.1 Å². The van der Waals surface area contributed by atoms with Crippen molar-refractivity contribution in [2.75, 3.05) is 0 Å². The van der Waals surface area contributed by atoms with Gasteiger partial charge in [0, 0.05) is 128 Å². The second kappa shape index (κ2) is 21.9. The number of benzene rings is 18. The summed E-state index contributed by atoms with van der Waals surface area (Å²) in [5.74, 6) is 0. The fourth-order valence-electron chi connectivity index (χ4n) is 18.7. The van der Waals surface area contributed by atoms with Gasteiger partial charge in [-0.25, -0.2) is 0 Å². The molecule has 0 saturated carbocycles. The van der Waals surface area contributed by atoms with E-state index in [-0.39, 0.29) is 0 Å². The van der Waals surface area contributed by atoms with E-state index in [4.69, 9.17) is 8.83 Å². The lowest BCUT2D eigenvalue weighted by atomic mass is 9.94. The molecular formula is C100H56N4O2S2. The standard InChI is InChI=1S/C50H28N2O2.C50H28N2S2/c2*1-4-12-41-34(9-1)38-26-30(17-22-42(38)51(41)31-18-24-47-39(27-31)35-10-2-5-14-45(35)53-47)33-21-23-44-50-37(33)20-16-29-8-7-13-43(49(29)50)52(44)32-19-25-48-40(28-32)36-11-3-6-15-46(36)54-48/h2*1-28H. The van der Waals surface area contributed by atoms with Gasteiger partial charge in [0.15, 0.2) is 0 Å². The van der Waals surface area contributed by atoms with Crippen molar-refractivity contribution >= 4 is 216 Å². The molecule has 8 heteroatoms. The Morgan fingerprint density at radius 2 is 0.528 bits per heavy atom. The molecule has 0 spiro atoms. The summed E-state index contributed by atoms with van der Waals surface area (Å²) in [6.45, 7) is 0. The third-order valence-corrected chi connectivity index (χ3v) is 25.7. The number of para-hydroxylation sites is 4. The van der Waals surface area contributed by atoms with Gasteiger partial charge in [0.05, 0.1) is 44.1 Å². The maximum atomic E-state index is 6.20. The van der Waals surface area contributed by atoms with E-state index in [1.54, 1.807) is 0 Å². The monoisotopic (exact) mass is 1410 g/mol. The number of aromatic nitrogens is 4. The maximum Gasteiger partial charge on any atom is 0.135 e. The van der Waals surface area contributed by atoms with Crippen molar-refractivity contribution < 1.29 is 8.83 Å². The Morgan fingerprint density at radius 1 is 0.185 bits per heavy atom. The summed E-state index contributed by atoms with van der Waals surface area (Å²) in [7, 11) is 0. The van der Waals surface area contributed by atoms with Crippen LogP contribution in [0, 0.1) is 0 Å². The molecule has 108 heavy (non-hydrogen) atoms. The average Bonchev–Trinajstić information content (AvgIpc) is 1.55. The first-order valence-electron chi connectivity index (χ1n) is 36.8. The van der Waals surface area contributed by atoms with Gasteiger partial charge >= 0.3 is 0 Å². The maximum absolute atomic E-state index is 6.20. The highest BCUT2D eigenvalue weighted by molar-refractivity contribution is 7.26. The number of thiophene rings is 2. The van der Waals surface area contributed by atoms with Crippen LogP contribution in [-0.4, -0.2) is 18.3 Å². The minimum atomic E-state index is 0.903. The molecule has 18 aromatic carbocycles. The molecule has 26 rings (SSSR count). The summed E-state index contributed by atoms with van der Waals surface area (Å²) in [5, 5.41) is 25.1. The summed E-state index contributed by atoms with van der Waals surface area (Å²) in [4.78, 5) is 0. The van der Waals surface area contributed by atoms with Crippen molar-refractivity contribution in [1.29, 1.82) is 0 Å². The summed E-state index contributed by atoms with van der Waals surface area (Å²) < 4.78 is 27.4. The Bertz CT molecular complexity index is 7860. The second-order valence-corrected chi connectivity index (χ2v) is 31.1. The predicted octanol–water partition coefficient (Wildman–Crippen LogP) is 28.8. The van der Waals surface area contributed by atoms with Crippen molar-refractivity contribution in [3.63, 3.8) is 0 Å². The van der Waals surface area contributed by atoms with Crippen LogP contribution in [0.5, 0.6) is 0 Å². The van der Waals surface area contributed by atoms with Gasteiger partial charge in [-0.2, -0.15) is 0 Å². The number of fused-ring (bicyclic) bond motifs is 18. The third kappa shape index (κ3) is 8.19. The SMILES string of the molecule is c1ccc2c(c1)oc1ccc(-n3c4ccccc4c4cc(-c5ccc6c7c5ccc5cccc(c57)n6-c5ccc6oc7ccccc7c6c5)ccc43)cc12.c1ccc2c(c1)sc1ccc(-n3c4ccccc4c4cc(-c5ccc6c7c5ccc5cccc(c57)n6-c5ccc6sc7ccccc7c6c5)ccc43)cc12. The number of rotatable bonds is 6. The predicted molar refractivity (Wildman–Crippen MR) is 459 cm³/mol. The molecule has 0 unspecified atom stereocenters. The van der Waals surface area contributed by atoms with Crippen LogP contribution in [0.1, 0.15) is 0 Å². The highest BCUT2D eigenvalue weighted by atomic mass is 32.1. The van der Waals surface area contributed by atoms with Crippen molar-refractivity contribution in [1.82, 2.24) is 18.3 Å². The van der Waals surface area contributed by atoms with E-state index in [0.717, 1.165) is 55.3 Å². The van der Waals surface area contributed by atoms with Gasteiger partial charge in [-0.15, -0.1) is 22.7 Å². The fourth-order valence-corrected chi connectivity index (χ4v) is 20.9. The molecule has 0 aliphatic rings. The van der Waals surface area contributed by atoms with E-state index in [1.807, 2.05) is 46.9 Å². The lowest BCUT2D eigenvalue weighted by molar-refractivity contribution is 0.668. The Labute approximate surface area is 623 Å². The van der Waals surface area contributed by atoms with E-state index in [9.17, 15) is 0 Å². The quantitative estimate of drug-likeness (QED) is 0.156. The van der Waals surface area contributed by atoms with Gasteiger partial charge in [0.2, 0.25) is 0 Å². The lowest BCUT2D eigenvalue weighted by Gasteiger charge is -2.11. The summed E-state index contributed by atoms with van der Waals surface area (Å²) >= 11 is 3.74. The van der Waals surface area contributed by atoms with Crippen LogP contribution in [0.2, 0.25) is 0 Å². The number of nitrogens with zero attached hydrogens (tertiary/aromatic N) is 4. The first kappa shape index (κ1) is 58.6. The molecule has 0 bridgehead atoms. The largest absolute Gasteiger partial charge is 0.456 e. The zero-order valence-corrected chi connectivity index (χ0v) is 59.4. The Balaban J connectivity index is 0.000000124. The molecule has 0 saturated heterocycles. The van der Waals surface area contributed by atoms with E-state index >= 15 is 0 Å². The Kier molecular flexibility index (Phi) is 11.9. The van der Waals surface area contributed by atoms with Crippen LogP contribution in [-0.2, 0) is 0 Å². The van der Waals surface area contributed by atoms with Crippen LogP contribution in [0.4, 0.5) is 0 Å². The molecule has 6 nitrogen and oxygen atoms in total. The van der Waals surface area contributed by atoms with E-state index in [0.29, 0.717) is 0 Å². The topological polar surface area (TPSA) is 46.0 Å². The molecule has 0 radical (unpaired) electrons. The molecule has 8 aromatic heterocycles. The number of hydrogen-bond donors (Lipinski definition) is 0. The molecule has 0 N–H and O–H groups in total. The Morgan fingerprint density at radius 3 is 1.00 bits per heavy atom. The molecule has 0 amide bonds. The van der Waals surface area contributed by atoms with E-state index in [2.05, 4.69) is 334 Å². The van der Waals surface area contributed by atoms with Crippen LogP contribution in [0.3, 0.4) is 0 Å². The fraction of sp³-hybridized carbons (Fsp3) is 0. The number of furan rings is 2. The number of hydrogen-bond acceptors (Lipinski definition) is 4. The smallest absolute Gasteiger partial charge is 0.135 e. The van der Waals surface area contributed by atoms with Gasteiger partial charge in [0.1, 0.15) is 22.3 Å². The molecule has 26 aromatic rings. The molecular weight excluding hydrogens is 1350 g/mol. The van der Waals surface area contributed by atoms with Crippen molar-refractivity contribution in [2.24, 2.45) is 0 Å². The summed E-state index contributed by atoms with van der Waals surface area (Å²) in [6.07, 6.45) is 0. The first-order valence-corrected chi connectivity index (χ1v) is 38.5. The summed E-state index contributed by atoms with van der Waals surface area (Å²) in [6, 6.07) is 125. The molecule has 500 valence electrons. The average molecular weight is 1410 g/mol. The van der Waals surface area contributed by atoms with Crippen LogP contribution in [0.15, 0.2) is 349 Å². The van der Waals surface area contributed by atoms with Crippen molar-refractivity contribution in [3.8, 4) is 45.0 Å². The molecule has 0 fully saturated rings. The Hall–Kier alpha value is -13.8. The second-order valence-electron chi connectivity index (χ2n) is 28.9. The molecule has 0 aliphatic carbocycles. The van der Waals surface area contributed by atoms with E-state index < -0.39 is 0 Å². The zero-order chi connectivity index (χ0) is 70.1. The van der Waals surface area contributed by atoms with Gasteiger partial charge in [-0.05, 0) is 202 Å². The lowest BCUT2D eigenvalue weighted by Crippen LogP contribution is -1.94. The van der Waals surface area contributed by atoms with E-state index in [1.165, 1.54) is 183 Å².